The molecule has 0 aliphatic heterocycles. The molecule has 1 atom stereocenters. The molecule has 3 heterocycles. The van der Waals surface area contributed by atoms with E-state index in [1.807, 2.05) is 10.8 Å². The number of nitrogens with zero attached hydrogens (tertiary/aromatic N) is 5. The van der Waals surface area contributed by atoms with Gasteiger partial charge in [0.2, 0.25) is 11.1 Å². The maximum atomic E-state index is 4.57. The Kier molecular flexibility index (Phi) is 5.17. The van der Waals surface area contributed by atoms with Crippen molar-refractivity contribution in [1.29, 1.82) is 0 Å². The molecule has 140 valence electrons. The van der Waals surface area contributed by atoms with Gasteiger partial charge in [0.1, 0.15) is 6.33 Å². The number of hydrogen-bond donors (Lipinski definition) is 2. The minimum Gasteiger partial charge on any atom is -0.357 e. The lowest BCUT2D eigenvalue weighted by atomic mass is 10.2. The first-order chi connectivity index (χ1) is 13.2. The van der Waals surface area contributed by atoms with E-state index in [0.29, 0.717) is 5.95 Å². The average molecular weight is 382 g/mol. The maximum Gasteiger partial charge on any atom is 0.248 e. The number of hydrogen-bond acceptors (Lipinski definition) is 6. The Morgan fingerprint density at radius 1 is 1.33 bits per heavy atom. The van der Waals surface area contributed by atoms with Gasteiger partial charge in [0.05, 0.1) is 0 Å². The van der Waals surface area contributed by atoms with E-state index in [4.69, 9.17) is 0 Å². The van der Waals surface area contributed by atoms with Crippen LogP contribution in [-0.2, 0) is 0 Å². The van der Waals surface area contributed by atoms with Gasteiger partial charge in [0.25, 0.3) is 0 Å². The van der Waals surface area contributed by atoms with Gasteiger partial charge >= 0.3 is 0 Å². The van der Waals surface area contributed by atoms with Crippen molar-refractivity contribution in [3.63, 3.8) is 0 Å². The molecule has 4 aromatic rings. The highest BCUT2D eigenvalue weighted by molar-refractivity contribution is 7.09. The van der Waals surface area contributed by atoms with Gasteiger partial charge in [0.15, 0.2) is 0 Å². The van der Waals surface area contributed by atoms with Crippen LogP contribution in [0.5, 0.6) is 0 Å². The molecule has 0 aliphatic rings. The molecule has 2 N–H and O–H groups in total. The van der Waals surface area contributed by atoms with E-state index in [0.717, 1.165) is 24.6 Å². The van der Waals surface area contributed by atoms with Gasteiger partial charge in [-0.15, -0.1) is 0 Å². The molecule has 0 spiro atoms. The number of para-hydroxylation sites is 1. The molecule has 0 radical (unpaired) electrons. The monoisotopic (exact) mass is 381 g/mol. The third-order valence-corrected chi connectivity index (χ3v) is 5.43. The van der Waals surface area contributed by atoms with Crippen molar-refractivity contribution in [3.05, 3.63) is 54.7 Å². The Balaban J connectivity index is 1.26. The van der Waals surface area contributed by atoms with E-state index in [1.165, 1.54) is 28.1 Å². The maximum absolute atomic E-state index is 4.57. The van der Waals surface area contributed by atoms with Crippen LogP contribution in [0, 0.1) is 0 Å². The molecule has 0 amide bonds. The van der Waals surface area contributed by atoms with E-state index in [1.54, 1.807) is 12.5 Å². The number of rotatable bonds is 8. The third-order valence-electron chi connectivity index (χ3n) is 4.60. The summed E-state index contributed by atoms with van der Waals surface area (Å²) in [7, 11) is 2.05. The van der Waals surface area contributed by atoms with Crippen molar-refractivity contribution < 1.29 is 0 Å². The summed E-state index contributed by atoms with van der Waals surface area (Å²) in [5.74, 6) is 0.671. The Morgan fingerprint density at radius 3 is 3.04 bits per heavy atom. The van der Waals surface area contributed by atoms with Crippen LogP contribution in [0.25, 0.3) is 16.9 Å². The molecule has 0 bridgehead atoms. The van der Waals surface area contributed by atoms with Crippen LogP contribution in [0.1, 0.15) is 25.1 Å². The van der Waals surface area contributed by atoms with Crippen LogP contribution in [0.15, 0.2) is 49.1 Å². The average Bonchev–Trinajstić information content (AvgIpc) is 3.43. The normalized spacial score (nSPS) is 12.5. The van der Waals surface area contributed by atoms with Gasteiger partial charge in [-0.25, -0.2) is 4.98 Å². The number of aromatic nitrogens is 5. The van der Waals surface area contributed by atoms with Crippen LogP contribution in [0.2, 0.25) is 0 Å². The van der Waals surface area contributed by atoms with E-state index < -0.39 is 0 Å². The zero-order chi connectivity index (χ0) is 18.6. The summed E-state index contributed by atoms with van der Waals surface area (Å²) in [6, 6.07) is 10.9. The number of aromatic amines is 1. The second kappa shape index (κ2) is 7.89. The van der Waals surface area contributed by atoms with E-state index in [9.17, 15) is 0 Å². The van der Waals surface area contributed by atoms with Crippen LogP contribution in [-0.4, -0.2) is 44.0 Å². The summed E-state index contributed by atoms with van der Waals surface area (Å²) in [6.07, 6.45) is 6.31. The molecule has 0 saturated heterocycles. The number of fused-ring (bicyclic) bond motifs is 1. The topological polar surface area (TPSA) is 74.7 Å². The number of benzene rings is 1. The van der Waals surface area contributed by atoms with E-state index >= 15 is 0 Å². The highest BCUT2D eigenvalue weighted by Crippen LogP contribution is 2.20. The molecule has 27 heavy (non-hydrogen) atoms. The summed E-state index contributed by atoms with van der Waals surface area (Å²) in [5, 5.41) is 5.77. The summed E-state index contributed by atoms with van der Waals surface area (Å²) >= 11 is 1.41. The molecule has 3 aromatic heterocycles. The lowest BCUT2D eigenvalue weighted by molar-refractivity contribution is 0.550. The highest BCUT2D eigenvalue weighted by Gasteiger charge is 2.11. The molecular formula is C19H23N7S. The Hall–Kier alpha value is -2.71. The Bertz CT molecular complexity index is 956. The molecule has 0 saturated carbocycles. The van der Waals surface area contributed by atoms with Crippen LogP contribution < -0.4 is 10.2 Å². The Morgan fingerprint density at radius 2 is 2.22 bits per heavy atom. The van der Waals surface area contributed by atoms with Crippen molar-refractivity contribution in [2.45, 2.75) is 19.4 Å². The Labute approximate surface area is 162 Å². The fourth-order valence-electron chi connectivity index (χ4n) is 3.01. The van der Waals surface area contributed by atoms with Gasteiger partial charge in [0, 0.05) is 54.8 Å². The smallest absolute Gasteiger partial charge is 0.248 e. The van der Waals surface area contributed by atoms with Crippen molar-refractivity contribution in [1.82, 2.24) is 29.2 Å². The first-order valence-electron chi connectivity index (χ1n) is 9.05. The predicted octanol–water partition coefficient (Wildman–Crippen LogP) is 3.38. The second-order valence-electron chi connectivity index (χ2n) is 6.61. The number of imidazole rings is 1. The second-order valence-corrected chi connectivity index (χ2v) is 7.34. The summed E-state index contributed by atoms with van der Waals surface area (Å²) in [4.78, 5) is 14.2. The number of nitrogens with one attached hydrogen (secondary N) is 2. The lowest BCUT2D eigenvalue weighted by Crippen LogP contribution is -2.25. The molecule has 4 rings (SSSR count). The molecular weight excluding hydrogens is 358 g/mol. The summed E-state index contributed by atoms with van der Waals surface area (Å²) in [6.45, 7) is 4.05. The minimum absolute atomic E-state index is 0.289. The van der Waals surface area contributed by atoms with Gasteiger partial charge in [-0.2, -0.15) is 9.36 Å². The van der Waals surface area contributed by atoms with Gasteiger partial charge in [-0.3, -0.25) is 4.57 Å². The minimum atomic E-state index is 0.289. The van der Waals surface area contributed by atoms with Gasteiger partial charge < -0.3 is 15.2 Å². The summed E-state index contributed by atoms with van der Waals surface area (Å²) < 4.78 is 6.21. The predicted molar refractivity (Wildman–Crippen MR) is 110 cm³/mol. The lowest BCUT2D eigenvalue weighted by Gasteiger charge is -2.17. The van der Waals surface area contributed by atoms with Crippen molar-refractivity contribution >= 4 is 27.6 Å². The number of anilines is 1. The first-order valence-corrected chi connectivity index (χ1v) is 9.82. The van der Waals surface area contributed by atoms with Crippen molar-refractivity contribution in [2.75, 3.05) is 25.0 Å². The fraction of sp³-hybridized carbons (Fsp3) is 0.316. The van der Waals surface area contributed by atoms with Crippen LogP contribution >= 0.6 is 11.5 Å². The fourth-order valence-corrected chi connectivity index (χ4v) is 3.67. The SMILES string of the molecule is CC(NCCCN(C)c1nc(-n2ccnc2)ns1)c1cc2ccccc2[nH]1. The van der Waals surface area contributed by atoms with E-state index in [-0.39, 0.29) is 6.04 Å². The quantitative estimate of drug-likeness (QED) is 0.458. The van der Waals surface area contributed by atoms with E-state index in [2.05, 4.69) is 73.8 Å². The van der Waals surface area contributed by atoms with Gasteiger partial charge in [-0.1, -0.05) is 18.2 Å². The number of H-pyrrole nitrogens is 1. The molecule has 7 nitrogen and oxygen atoms in total. The van der Waals surface area contributed by atoms with Crippen molar-refractivity contribution in [3.8, 4) is 5.95 Å². The first kappa shape index (κ1) is 17.7. The van der Waals surface area contributed by atoms with Gasteiger partial charge in [-0.05, 0) is 37.4 Å². The zero-order valence-corrected chi connectivity index (χ0v) is 16.3. The molecule has 1 unspecified atom stereocenters. The largest absolute Gasteiger partial charge is 0.357 e. The third kappa shape index (κ3) is 4.01. The van der Waals surface area contributed by atoms with Crippen LogP contribution in [0.3, 0.4) is 0 Å². The molecule has 0 fully saturated rings. The van der Waals surface area contributed by atoms with Crippen LogP contribution in [0.4, 0.5) is 5.13 Å². The van der Waals surface area contributed by atoms with Crippen molar-refractivity contribution in [2.24, 2.45) is 0 Å². The zero-order valence-electron chi connectivity index (χ0n) is 15.5. The molecule has 1 aromatic carbocycles. The molecule has 8 heteroatoms. The summed E-state index contributed by atoms with van der Waals surface area (Å²) in [5.41, 5.74) is 2.41. The highest BCUT2D eigenvalue weighted by atomic mass is 32.1. The molecule has 0 aliphatic carbocycles. The standard InChI is InChI=1S/C19H23N7S/c1-14(17-12-15-6-3-4-7-16(15)22-17)21-8-5-10-25(2)19-23-18(24-27-19)26-11-9-20-13-26/h3-4,6-7,9,11-14,21-22H,5,8,10H2,1-2H3.